The normalized spacial score (nSPS) is 26.8. The quantitative estimate of drug-likeness (QED) is 0.533. The fourth-order valence-corrected chi connectivity index (χ4v) is 5.40. The molecule has 0 amide bonds. The fourth-order valence-electron chi connectivity index (χ4n) is 2.68. The summed E-state index contributed by atoms with van der Waals surface area (Å²) < 4.78 is 33.6. The SMILES string of the molecule is O=C1CC(CCS(=O)CCCS(=O)CCC2COC(=O)C2)CO1. The molecular weight excluding hydrogens is 340 g/mol. The van der Waals surface area contributed by atoms with Crippen LogP contribution >= 0.6 is 0 Å². The number of carbonyl (C=O) groups excluding carboxylic acids is 2. The molecule has 2 heterocycles. The van der Waals surface area contributed by atoms with Gasteiger partial charge in [0.15, 0.2) is 0 Å². The molecule has 0 spiro atoms. The van der Waals surface area contributed by atoms with Crippen LogP contribution in [0.3, 0.4) is 0 Å². The van der Waals surface area contributed by atoms with Gasteiger partial charge in [-0.15, -0.1) is 0 Å². The lowest BCUT2D eigenvalue weighted by Crippen LogP contribution is -2.13. The predicted molar refractivity (Wildman–Crippen MR) is 87.7 cm³/mol. The average Bonchev–Trinajstić information content (AvgIpc) is 3.11. The highest BCUT2D eigenvalue weighted by molar-refractivity contribution is 7.85. The monoisotopic (exact) mass is 364 g/mol. The first-order chi connectivity index (χ1) is 11.0. The lowest BCUT2D eigenvalue weighted by Gasteiger charge is -2.07. The van der Waals surface area contributed by atoms with Crippen molar-refractivity contribution in [3.8, 4) is 0 Å². The molecule has 2 aliphatic rings. The molecule has 0 saturated carbocycles. The molecule has 0 aliphatic carbocycles. The van der Waals surface area contributed by atoms with E-state index in [9.17, 15) is 18.0 Å². The summed E-state index contributed by atoms with van der Waals surface area (Å²) in [5, 5.41) is 0. The van der Waals surface area contributed by atoms with Gasteiger partial charge in [-0.1, -0.05) is 0 Å². The van der Waals surface area contributed by atoms with Crippen LogP contribution in [0.15, 0.2) is 0 Å². The molecule has 0 bridgehead atoms. The number of ether oxygens (including phenoxy) is 2. The molecule has 0 aromatic heterocycles. The molecule has 132 valence electrons. The minimum Gasteiger partial charge on any atom is -0.465 e. The van der Waals surface area contributed by atoms with E-state index in [1.54, 1.807) is 0 Å². The zero-order valence-electron chi connectivity index (χ0n) is 13.2. The molecule has 4 unspecified atom stereocenters. The van der Waals surface area contributed by atoms with Gasteiger partial charge in [0.2, 0.25) is 0 Å². The second-order valence-electron chi connectivity index (χ2n) is 6.13. The summed E-state index contributed by atoms with van der Waals surface area (Å²) in [7, 11) is -1.84. The summed E-state index contributed by atoms with van der Waals surface area (Å²) in [4.78, 5) is 21.9. The van der Waals surface area contributed by atoms with Crippen LogP contribution in [0.25, 0.3) is 0 Å². The Hall–Kier alpha value is -0.760. The summed E-state index contributed by atoms with van der Waals surface area (Å²) in [6.07, 6.45) is 3.05. The van der Waals surface area contributed by atoms with Crippen molar-refractivity contribution in [3.05, 3.63) is 0 Å². The Morgan fingerprint density at radius 2 is 1.22 bits per heavy atom. The molecule has 2 rings (SSSR count). The van der Waals surface area contributed by atoms with Crippen molar-refractivity contribution in [1.82, 2.24) is 0 Å². The van der Waals surface area contributed by atoms with Crippen molar-refractivity contribution < 1.29 is 27.5 Å². The van der Waals surface area contributed by atoms with E-state index in [1.807, 2.05) is 0 Å². The lowest BCUT2D eigenvalue weighted by molar-refractivity contribution is -0.138. The van der Waals surface area contributed by atoms with Gasteiger partial charge in [0.25, 0.3) is 0 Å². The Bertz CT molecular complexity index is 437. The van der Waals surface area contributed by atoms with Crippen molar-refractivity contribution in [1.29, 1.82) is 0 Å². The molecule has 0 aromatic carbocycles. The Kier molecular flexibility index (Phi) is 7.69. The third kappa shape index (κ3) is 7.12. The summed E-state index contributed by atoms with van der Waals surface area (Å²) in [5.74, 6) is 2.35. The lowest BCUT2D eigenvalue weighted by atomic mass is 10.1. The van der Waals surface area contributed by atoms with Crippen molar-refractivity contribution in [2.45, 2.75) is 32.1 Å². The van der Waals surface area contributed by atoms with Gasteiger partial charge >= 0.3 is 11.9 Å². The largest absolute Gasteiger partial charge is 0.465 e. The first kappa shape index (κ1) is 18.6. The number of esters is 2. The van der Waals surface area contributed by atoms with Gasteiger partial charge in [-0.05, 0) is 19.3 Å². The number of rotatable bonds is 10. The minimum atomic E-state index is -0.920. The van der Waals surface area contributed by atoms with Crippen LogP contribution in [0.1, 0.15) is 32.1 Å². The summed E-state index contributed by atoms with van der Waals surface area (Å²) in [5.41, 5.74) is 0. The smallest absolute Gasteiger partial charge is 0.306 e. The second-order valence-corrected chi connectivity index (χ2v) is 9.53. The Morgan fingerprint density at radius 3 is 1.57 bits per heavy atom. The highest BCUT2D eigenvalue weighted by Crippen LogP contribution is 2.19. The van der Waals surface area contributed by atoms with Crippen LogP contribution < -0.4 is 0 Å². The van der Waals surface area contributed by atoms with Gasteiger partial charge in [0.05, 0.1) is 26.1 Å². The third-order valence-corrected chi connectivity index (χ3v) is 6.99. The molecule has 2 saturated heterocycles. The third-order valence-electron chi connectivity index (χ3n) is 4.12. The zero-order valence-corrected chi connectivity index (χ0v) is 14.8. The molecular formula is C15H24O6S2. The van der Waals surface area contributed by atoms with Crippen LogP contribution in [0, 0.1) is 11.8 Å². The summed E-state index contributed by atoms with van der Waals surface area (Å²) in [6.45, 7) is 0.904. The van der Waals surface area contributed by atoms with E-state index in [0.717, 1.165) is 12.8 Å². The van der Waals surface area contributed by atoms with Gasteiger partial charge in [-0.2, -0.15) is 0 Å². The molecule has 0 N–H and O–H groups in total. The number of carbonyl (C=O) groups is 2. The molecule has 23 heavy (non-hydrogen) atoms. The molecule has 4 atom stereocenters. The maximum atomic E-state index is 11.9. The van der Waals surface area contributed by atoms with Gasteiger partial charge in [-0.25, -0.2) is 0 Å². The number of cyclic esters (lactones) is 2. The highest BCUT2D eigenvalue weighted by Gasteiger charge is 2.24. The minimum absolute atomic E-state index is 0.162. The first-order valence-corrected chi connectivity index (χ1v) is 11.0. The summed E-state index contributed by atoms with van der Waals surface area (Å²) >= 11 is 0. The van der Waals surface area contributed by atoms with Crippen molar-refractivity contribution in [3.63, 3.8) is 0 Å². The van der Waals surface area contributed by atoms with Crippen LogP contribution in [0.2, 0.25) is 0 Å². The Labute approximate surface area is 141 Å². The van der Waals surface area contributed by atoms with Gasteiger partial charge in [-0.3, -0.25) is 18.0 Å². The van der Waals surface area contributed by atoms with E-state index in [0.29, 0.717) is 55.5 Å². The molecule has 2 fully saturated rings. The molecule has 6 nitrogen and oxygen atoms in total. The van der Waals surface area contributed by atoms with E-state index in [1.165, 1.54) is 0 Å². The van der Waals surface area contributed by atoms with Crippen LogP contribution in [-0.4, -0.2) is 56.6 Å². The summed E-state index contributed by atoms with van der Waals surface area (Å²) in [6, 6.07) is 0. The standard InChI is InChI=1S/C15H24O6S2/c16-14-8-12(10-20-14)2-6-22(18)4-1-5-23(19)7-3-13-9-15(17)21-11-13/h12-13H,1-11H2. The van der Waals surface area contributed by atoms with E-state index >= 15 is 0 Å². The second kappa shape index (κ2) is 9.52. The van der Waals surface area contributed by atoms with E-state index in [-0.39, 0.29) is 23.8 Å². The van der Waals surface area contributed by atoms with Crippen molar-refractivity contribution in [2.75, 3.05) is 36.2 Å². The predicted octanol–water partition coefficient (Wildman–Crippen LogP) is 0.780. The van der Waals surface area contributed by atoms with E-state index in [2.05, 4.69) is 0 Å². The van der Waals surface area contributed by atoms with Gasteiger partial charge in [0, 0.05) is 56.4 Å². The number of hydrogen-bond acceptors (Lipinski definition) is 6. The van der Waals surface area contributed by atoms with Crippen LogP contribution in [0.5, 0.6) is 0 Å². The molecule has 0 aromatic rings. The van der Waals surface area contributed by atoms with E-state index in [4.69, 9.17) is 9.47 Å². The highest BCUT2D eigenvalue weighted by atomic mass is 32.2. The topological polar surface area (TPSA) is 86.7 Å². The average molecular weight is 364 g/mol. The Balaban J connectivity index is 1.48. The number of hydrogen-bond donors (Lipinski definition) is 0. The first-order valence-electron chi connectivity index (χ1n) is 8.04. The van der Waals surface area contributed by atoms with Gasteiger partial charge < -0.3 is 9.47 Å². The maximum Gasteiger partial charge on any atom is 0.306 e. The van der Waals surface area contributed by atoms with Crippen molar-refractivity contribution >= 4 is 33.5 Å². The molecule has 2 aliphatic heterocycles. The zero-order chi connectivity index (χ0) is 16.7. The Morgan fingerprint density at radius 1 is 0.783 bits per heavy atom. The van der Waals surface area contributed by atoms with E-state index < -0.39 is 21.6 Å². The fraction of sp³-hybridized carbons (Fsp3) is 0.867. The maximum absolute atomic E-state index is 11.9. The van der Waals surface area contributed by atoms with Crippen LogP contribution in [-0.2, 0) is 40.7 Å². The van der Waals surface area contributed by atoms with Crippen LogP contribution in [0.4, 0.5) is 0 Å². The van der Waals surface area contributed by atoms with Gasteiger partial charge in [0.1, 0.15) is 0 Å². The molecule has 8 heteroatoms. The van der Waals surface area contributed by atoms with Crippen molar-refractivity contribution in [2.24, 2.45) is 11.8 Å². The molecule has 0 radical (unpaired) electrons.